The highest BCUT2D eigenvalue weighted by molar-refractivity contribution is 5.92. The lowest BCUT2D eigenvalue weighted by Crippen LogP contribution is -2.56. The number of rotatable bonds is 4. The van der Waals surface area contributed by atoms with Gasteiger partial charge >= 0.3 is 0 Å². The highest BCUT2D eigenvalue weighted by atomic mass is 19.1. The zero-order valence-electron chi connectivity index (χ0n) is 19.1. The Kier molecular flexibility index (Phi) is 5.32. The summed E-state index contributed by atoms with van der Waals surface area (Å²) in [7, 11) is 0. The Hall–Kier alpha value is -1.27. The molecule has 3 saturated carbocycles. The van der Waals surface area contributed by atoms with Gasteiger partial charge in [0.1, 0.15) is 5.78 Å². The van der Waals surface area contributed by atoms with Gasteiger partial charge in [-0.25, -0.2) is 4.39 Å². The fourth-order valence-corrected chi connectivity index (χ4v) is 8.14. The fraction of sp³-hybridized carbons (Fsp3) is 0.840. The van der Waals surface area contributed by atoms with Crippen molar-refractivity contribution in [3.8, 4) is 0 Å². The molecule has 2 N–H and O–H groups in total. The van der Waals surface area contributed by atoms with E-state index in [1.165, 1.54) is 5.57 Å². The topological polar surface area (TPSA) is 67.4 Å². The van der Waals surface area contributed by atoms with Crippen LogP contribution in [0.3, 0.4) is 0 Å². The van der Waals surface area contributed by atoms with E-state index in [0.717, 1.165) is 57.3 Å². The fourth-order valence-electron chi connectivity index (χ4n) is 8.14. The van der Waals surface area contributed by atoms with Gasteiger partial charge in [-0.2, -0.15) is 0 Å². The first-order valence-corrected chi connectivity index (χ1v) is 12.3. The first-order valence-electron chi connectivity index (χ1n) is 12.3. The number of allylic oxidation sites excluding steroid dienone is 2. The highest BCUT2D eigenvalue weighted by Gasteiger charge is 2.64. The number of nitrogens with one attached hydrogen (secondary N) is 2. The number of fused-ring (bicyclic) bond motifs is 5. The molecule has 0 aromatic carbocycles. The minimum absolute atomic E-state index is 0.0160. The molecule has 31 heavy (non-hydrogen) atoms. The Morgan fingerprint density at radius 3 is 2.71 bits per heavy atom. The molecule has 4 aliphatic carbocycles. The normalized spacial score (nSPS) is 47.2. The number of carbonyl (C=O) groups excluding carboxylic acids is 2. The second-order valence-electron chi connectivity index (χ2n) is 11.2. The van der Waals surface area contributed by atoms with Crippen molar-refractivity contribution in [1.82, 2.24) is 10.8 Å². The van der Waals surface area contributed by atoms with Crippen LogP contribution in [0.2, 0.25) is 0 Å². The molecule has 0 spiro atoms. The predicted octanol–water partition coefficient (Wildman–Crippen LogP) is 3.88. The molecule has 5 rings (SSSR count). The van der Waals surface area contributed by atoms with Crippen LogP contribution in [0, 0.1) is 34.5 Å². The smallest absolute Gasteiger partial charge is 0.173 e. The quantitative estimate of drug-likeness (QED) is 0.660. The van der Waals surface area contributed by atoms with Crippen LogP contribution in [0.5, 0.6) is 0 Å². The number of Topliss-reactive ketones (excluding diaryl/α,β-unsaturated/α-hetero) is 2. The maximum Gasteiger partial charge on any atom is 0.173 e. The Bertz CT molecular complexity index is 807. The van der Waals surface area contributed by atoms with E-state index in [0.29, 0.717) is 24.5 Å². The summed E-state index contributed by atoms with van der Waals surface area (Å²) < 4.78 is 14.5. The van der Waals surface area contributed by atoms with Crippen LogP contribution >= 0.6 is 0 Å². The van der Waals surface area contributed by atoms with Crippen molar-refractivity contribution in [2.75, 3.05) is 13.1 Å². The van der Waals surface area contributed by atoms with E-state index in [-0.39, 0.29) is 35.1 Å². The molecule has 0 radical (unpaired) electrons. The van der Waals surface area contributed by atoms with Gasteiger partial charge in [0.2, 0.25) is 0 Å². The molecule has 6 heteroatoms. The molecule has 0 amide bonds. The van der Waals surface area contributed by atoms with Crippen molar-refractivity contribution >= 4 is 11.6 Å². The van der Waals surface area contributed by atoms with Crippen LogP contribution < -0.4 is 10.8 Å². The average Bonchev–Trinajstić information content (AvgIpc) is 3.34. The number of ketones is 2. The minimum atomic E-state index is -1.34. The minimum Gasteiger partial charge on any atom is -0.314 e. The second-order valence-corrected chi connectivity index (χ2v) is 11.2. The molecule has 0 bridgehead atoms. The third kappa shape index (κ3) is 3.15. The van der Waals surface area contributed by atoms with E-state index in [1.807, 2.05) is 6.92 Å². The summed E-state index contributed by atoms with van der Waals surface area (Å²) >= 11 is 0. The van der Waals surface area contributed by atoms with Crippen LogP contribution in [0.4, 0.5) is 4.39 Å². The van der Waals surface area contributed by atoms with Crippen molar-refractivity contribution < 1.29 is 18.8 Å². The zero-order valence-corrected chi connectivity index (χ0v) is 19.1. The lowest BCUT2D eigenvalue weighted by Gasteiger charge is -2.59. The summed E-state index contributed by atoms with van der Waals surface area (Å²) in [6.07, 6.45) is 5.01. The molecular weight excluding hydrogens is 395 g/mol. The van der Waals surface area contributed by atoms with E-state index >= 15 is 0 Å². The summed E-state index contributed by atoms with van der Waals surface area (Å²) in [5.41, 5.74) is 4.89. The van der Waals surface area contributed by atoms with Gasteiger partial charge in [0.05, 0.1) is 6.10 Å². The molecule has 5 aliphatic rings. The predicted molar refractivity (Wildman–Crippen MR) is 116 cm³/mol. The molecule has 5 nitrogen and oxygen atoms in total. The van der Waals surface area contributed by atoms with Gasteiger partial charge in [-0.3, -0.25) is 19.9 Å². The molecule has 172 valence electrons. The molecule has 4 fully saturated rings. The Morgan fingerprint density at radius 2 is 2.00 bits per heavy atom. The summed E-state index contributed by atoms with van der Waals surface area (Å²) in [4.78, 5) is 32.2. The molecule has 1 heterocycles. The lowest BCUT2D eigenvalue weighted by molar-refractivity contribution is -0.151. The zero-order chi connectivity index (χ0) is 22.0. The number of halogens is 1. The summed E-state index contributed by atoms with van der Waals surface area (Å²) in [5.74, 6) is 0.546. The van der Waals surface area contributed by atoms with Crippen LogP contribution in [-0.2, 0) is 14.4 Å². The van der Waals surface area contributed by atoms with Crippen molar-refractivity contribution in [2.24, 2.45) is 34.5 Å². The summed E-state index contributed by atoms with van der Waals surface area (Å²) in [6, 6.07) is 0. The second kappa shape index (κ2) is 7.65. The average molecular weight is 433 g/mol. The van der Waals surface area contributed by atoms with Crippen LogP contribution in [-0.4, -0.2) is 36.9 Å². The molecule has 1 saturated heterocycles. The molecule has 8 unspecified atom stereocenters. The van der Waals surface area contributed by atoms with Gasteiger partial charge in [0, 0.05) is 30.0 Å². The van der Waals surface area contributed by atoms with E-state index in [9.17, 15) is 14.0 Å². The number of hydroxylamine groups is 1. The van der Waals surface area contributed by atoms with Crippen LogP contribution in [0.15, 0.2) is 11.3 Å². The van der Waals surface area contributed by atoms with Crippen molar-refractivity contribution in [3.05, 3.63) is 11.3 Å². The Balaban J connectivity index is 1.42. The van der Waals surface area contributed by atoms with Gasteiger partial charge in [-0.05, 0) is 80.2 Å². The molecule has 8 atom stereocenters. The number of carbonyl (C=O) groups is 2. The van der Waals surface area contributed by atoms with E-state index in [1.54, 1.807) is 0 Å². The monoisotopic (exact) mass is 432 g/mol. The number of hydrogen-bond donors (Lipinski definition) is 2. The summed E-state index contributed by atoms with van der Waals surface area (Å²) in [6.45, 7) is 8.24. The maximum absolute atomic E-state index is 14.5. The lowest BCUT2D eigenvalue weighted by atomic mass is 9.44. The van der Waals surface area contributed by atoms with E-state index in [2.05, 4.69) is 24.6 Å². The number of hydrogen-bond acceptors (Lipinski definition) is 5. The molecular formula is C25H37FN2O3. The van der Waals surface area contributed by atoms with Crippen molar-refractivity contribution in [3.63, 3.8) is 0 Å². The third-order valence-electron chi connectivity index (χ3n) is 9.79. The van der Waals surface area contributed by atoms with Crippen LogP contribution in [0.1, 0.15) is 72.1 Å². The van der Waals surface area contributed by atoms with Crippen molar-refractivity contribution in [1.29, 1.82) is 0 Å². The first-order chi connectivity index (χ1) is 14.8. The van der Waals surface area contributed by atoms with Gasteiger partial charge in [-0.15, -0.1) is 0 Å². The molecule has 0 aromatic heterocycles. The van der Waals surface area contributed by atoms with E-state index in [4.69, 9.17) is 4.84 Å². The van der Waals surface area contributed by atoms with Crippen molar-refractivity contribution in [2.45, 2.75) is 84.4 Å². The third-order valence-corrected chi connectivity index (χ3v) is 9.79. The Morgan fingerprint density at radius 1 is 1.19 bits per heavy atom. The van der Waals surface area contributed by atoms with E-state index < -0.39 is 11.6 Å². The van der Waals surface area contributed by atoms with Gasteiger partial charge in [0.25, 0.3) is 0 Å². The number of alkyl halides is 1. The van der Waals surface area contributed by atoms with Crippen LogP contribution in [0.25, 0.3) is 0 Å². The standard InChI is InChI=1S/C25H37FN2O3/c1-4-15-20(28-31-14-7-10-27-13-14)6-9-24(2)17-5-8-25(3)18(12-19(26)23(25)30)16(17)11-21(29)22(15)24/h14,16-19,22,27-28H,4-13H2,1-3H3. The first kappa shape index (κ1) is 21.6. The largest absolute Gasteiger partial charge is 0.314 e. The SMILES string of the molecule is CCC1=C(NOC2CCNC2)CCC2(C)C1C(=O)CC1C3CC(F)C(=O)C3(C)CCC12. The van der Waals surface area contributed by atoms with Gasteiger partial charge < -0.3 is 5.32 Å². The van der Waals surface area contributed by atoms with Gasteiger partial charge in [-0.1, -0.05) is 20.8 Å². The molecule has 1 aliphatic heterocycles. The summed E-state index contributed by atoms with van der Waals surface area (Å²) in [5, 5.41) is 3.32. The molecule has 0 aromatic rings. The van der Waals surface area contributed by atoms with Gasteiger partial charge in [0.15, 0.2) is 12.0 Å². The maximum atomic E-state index is 14.5. The Labute approximate surface area is 184 Å². The highest BCUT2D eigenvalue weighted by Crippen LogP contribution is 2.65.